The maximum Gasteiger partial charge on any atom is 0.242 e. The van der Waals surface area contributed by atoms with E-state index in [0.29, 0.717) is 24.5 Å². The Labute approximate surface area is 127 Å². The molecule has 120 valence electrons. The third-order valence-corrected chi connectivity index (χ3v) is 5.06. The molecule has 1 aromatic carbocycles. The Morgan fingerprint density at radius 3 is 2.38 bits per heavy atom. The van der Waals surface area contributed by atoms with E-state index < -0.39 is 10.0 Å². The number of rotatable bonds is 7. The maximum absolute atomic E-state index is 12.2. The van der Waals surface area contributed by atoms with Gasteiger partial charge in [-0.15, -0.1) is 0 Å². The zero-order valence-electron chi connectivity index (χ0n) is 13.3. The van der Waals surface area contributed by atoms with Gasteiger partial charge in [-0.2, -0.15) is 0 Å². The second kappa shape index (κ2) is 7.11. The first kappa shape index (κ1) is 17.7. The van der Waals surface area contributed by atoms with Crippen molar-refractivity contribution in [2.45, 2.75) is 24.8 Å². The van der Waals surface area contributed by atoms with Crippen LogP contribution >= 0.6 is 0 Å². The molecule has 21 heavy (non-hydrogen) atoms. The third-order valence-electron chi connectivity index (χ3n) is 3.25. The second-order valence-corrected chi connectivity index (χ2v) is 7.44. The van der Waals surface area contributed by atoms with Crippen molar-refractivity contribution < 1.29 is 13.2 Å². The molecular formula is C14H25N3O3S. The average molecular weight is 315 g/mol. The predicted molar refractivity (Wildman–Crippen MR) is 86.1 cm³/mol. The molecule has 0 spiro atoms. The van der Waals surface area contributed by atoms with E-state index >= 15 is 0 Å². The summed E-state index contributed by atoms with van der Waals surface area (Å²) >= 11 is 0. The summed E-state index contributed by atoms with van der Waals surface area (Å²) in [4.78, 5) is 2.27. The van der Waals surface area contributed by atoms with E-state index in [0.717, 1.165) is 0 Å². The Morgan fingerprint density at radius 2 is 1.90 bits per heavy atom. The van der Waals surface area contributed by atoms with Crippen LogP contribution in [0.3, 0.4) is 0 Å². The highest BCUT2D eigenvalue weighted by Crippen LogP contribution is 2.29. The zero-order valence-corrected chi connectivity index (χ0v) is 14.1. The van der Waals surface area contributed by atoms with Crippen LogP contribution in [0.1, 0.15) is 13.8 Å². The standard InChI is InChI=1S/C14H25N3O3S/c1-11(2)17(8-9-20-5)14-10-12(6-7-13(14)15)21(18,19)16(3)4/h6-7,10-11H,8-9,15H2,1-5H3. The quantitative estimate of drug-likeness (QED) is 0.769. The lowest BCUT2D eigenvalue weighted by Crippen LogP contribution is -2.34. The molecule has 7 heteroatoms. The van der Waals surface area contributed by atoms with Crippen LogP contribution in [-0.2, 0) is 14.8 Å². The van der Waals surface area contributed by atoms with Crippen molar-refractivity contribution in [2.75, 3.05) is 45.0 Å². The summed E-state index contributed by atoms with van der Waals surface area (Å²) in [6.45, 7) is 5.25. The molecule has 0 saturated heterocycles. The number of anilines is 2. The van der Waals surface area contributed by atoms with Gasteiger partial charge in [0.2, 0.25) is 10.0 Å². The number of benzene rings is 1. The fraction of sp³-hybridized carbons (Fsp3) is 0.571. The maximum atomic E-state index is 12.2. The Balaban J connectivity index is 3.29. The molecule has 0 bridgehead atoms. The molecule has 0 saturated carbocycles. The highest BCUT2D eigenvalue weighted by Gasteiger charge is 2.21. The molecule has 0 aromatic heterocycles. The molecular weight excluding hydrogens is 290 g/mol. The van der Waals surface area contributed by atoms with Crippen molar-refractivity contribution in [3.63, 3.8) is 0 Å². The smallest absolute Gasteiger partial charge is 0.242 e. The fourth-order valence-corrected chi connectivity index (χ4v) is 2.91. The number of hydrogen-bond donors (Lipinski definition) is 1. The highest BCUT2D eigenvalue weighted by atomic mass is 32.2. The molecule has 0 heterocycles. The van der Waals surface area contributed by atoms with Gasteiger partial charge in [-0.1, -0.05) is 0 Å². The first-order valence-electron chi connectivity index (χ1n) is 6.79. The van der Waals surface area contributed by atoms with Gasteiger partial charge in [-0.05, 0) is 32.0 Å². The summed E-state index contributed by atoms with van der Waals surface area (Å²) in [6, 6.07) is 4.97. The van der Waals surface area contributed by atoms with E-state index in [4.69, 9.17) is 10.5 Å². The van der Waals surface area contributed by atoms with Gasteiger partial charge >= 0.3 is 0 Å². The summed E-state index contributed by atoms with van der Waals surface area (Å²) in [5, 5.41) is 0. The van der Waals surface area contributed by atoms with E-state index in [1.54, 1.807) is 19.2 Å². The van der Waals surface area contributed by atoms with Gasteiger partial charge < -0.3 is 15.4 Å². The minimum absolute atomic E-state index is 0.180. The monoisotopic (exact) mass is 315 g/mol. The summed E-state index contributed by atoms with van der Waals surface area (Å²) < 4.78 is 30.8. The zero-order chi connectivity index (χ0) is 16.2. The van der Waals surface area contributed by atoms with Crippen LogP contribution < -0.4 is 10.6 Å². The lowest BCUT2D eigenvalue weighted by molar-refractivity contribution is 0.204. The molecule has 0 amide bonds. The molecule has 1 rings (SSSR count). The van der Waals surface area contributed by atoms with E-state index in [2.05, 4.69) is 0 Å². The van der Waals surface area contributed by atoms with E-state index in [9.17, 15) is 8.42 Å². The van der Waals surface area contributed by atoms with Gasteiger partial charge in [0, 0.05) is 33.8 Å². The predicted octanol–water partition coefficient (Wildman–Crippen LogP) is 1.38. The fourth-order valence-electron chi connectivity index (χ4n) is 1.99. The van der Waals surface area contributed by atoms with E-state index in [1.165, 1.54) is 24.5 Å². The number of methoxy groups -OCH3 is 1. The molecule has 0 unspecified atom stereocenters. The van der Waals surface area contributed by atoms with Crippen LogP contribution in [0, 0.1) is 0 Å². The summed E-state index contributed by atoms with van der Waals surface area (Å²) in [5.74, 6) is 0. The van der Waals surface area contributed by atoms with Crippen molar-refractivity contribution in [1.82, 2.24) is 4.31 Å². The van der Waals surface area contributed by atoms with Gasteiger partial charge in [0.05, 0.1) is 22.9 Å². The van der Waals surface area contributed by atoms with E-state index in [1.807, 2.05) is 18.7 Å². The van der Waals surface area contributed by atoms with Crippen LogP contribution in [-0.4, -0.2) is 53.1 Å². The first-order valence-corrected chi connectivity index (χ1v) is 8.23. The van der Waals surface area contributed by atoms with Crippen LogP contribution in [0.4, 0.5) is 11.4 Å². The number of nitrogen functional groups attached to an aromatic ring is 1. The van der Waals surface area contributed by atoms with Crippen molar-refractivity contribution in [3.8, 4) is 0 Å². The van der Waals surface area contributed by atoms with Crippen molar-refractivity contribution in [2.24, 2.45) is 0 Å². The minimum Gasteiger partial charge on any atom is -0.397 e. The molecule has 0 aliphatic carbocycles. The lowest BCUT2D eigenvalue weighted by atomic mass is 10.2. The number of sulfonamides is 1. The second-order valence-electron chi connectivity index (χ2n) is 5.29. The van der Waals surface area contributed by atoms with Crippen LogP contribution in [0.2, 0.25) is 0 Å². The number of hydrogen-bond acceptors (Lipinski definition) is 5. The normalized spacial score (nSPS) is 12.1. The molecule has 2 N–H and O–H groups in total. The molecule has 0 radical (unpaired) electrons. The largest absolute Gasteiger partial charge is 0.397 e. The Morgan fingerprint density at radius 1 is 1.29 bits per heavy atom. The Bertz CT molecular complexity index is 571. The number of nitrogens with zero attached hydrogens (tertiary/aromatic N) is 2. The number of ether oxygens (including phenoxy) is 1. The SMILES string of the molecule is COCCN(c1cc(S(=O)(=O)N(C)C)ccc1N)C(C)C. The average Bonchev–Trinajstić information content (AvgIpc) is 2.40. The van der Waals surface area contributed by atoms with E-state index in [-0.39, 0.29) is 10.9 Å². The van der Waals surface area contributed by atoms with Gasteiger partial charge in [0.25, 0.3) is 0 Å². The third kappa shape index (κ3) is 4.09. The van der Waals surface area contributed by atoms with Crippen molar-refractivity contribution in [3.05, 3.63) is 18.2 Å². The summed E-state index contributed by atoms with van der Waals surface area (Å²) in [5.41, 5.74) is 7.29. The van der Waals surface area contributed by atoms with Gasteiger partial charge in [0.15, 0.2) is 0 Å². The molecule has 0 aliphatic heterocycles. The van der Waals surface area contributed by atoms with Gasteiger partial charge in [-0.25, -0.2) is 12.7 Å². The molecule has 0 aliphatic rings. The molecule has 1 aromatic rings. The Kier molecular flexibility index (Phi) is 6.00. The number of nitrogens with two attached hydrogens (primary N) is 1. The first-order chi connectivity index (χ1) is 9.71. The summed E-state index contributed by atoms with van der Waals surface area (Å²) in [6.07, 6.45) is 0. The van der Waals surface area contributed by atoms with Gasteiger partial charge in [0.1, 0.15) is 0 Å². The van der Waals surface area contributed by atoms with Crippen LogP contribution in [0.5, 0.6) is 0 Å². The minimum atomic E-state index is -3.48. The van der Waals surface area contributed by atoms with Crippen LogP contribution in [0.15, 0.2) is 23.1 Å². The van der Waals surface area contributed by atoms with Crippen molar-refractivity contribution >= 4 is 21.4 Å². The highest BCUT2D eigenvalue weighted by molar-refractivity contribution is 7.89. The molecule has 6 nitrogen and oxygen atoms in total. The molecule has 0 fully saturated rings. The van der Waals surface area contributed by atoms with Gasteiger partial charge in [-0.3, -0.25) is 0 Å². The lowest BCUT2D eigenvalue weighted by Gasteiger charge is -2.30. The molecule has 0 atom stereocenters. The van der Waals surface area contributed by atoms with Crippen molar-refractivity contribution in [1.29, 1.82) is 0 Å². The summed E-state index contributed by atoms with van der Waals surface area (Å²) in [7, 11) is 1.18. The Hall–Kier alpha value is -1.31. The topological polar surface area (TPSA) is 75.9 Å². The van der Waals surface area contributed by atoms with Crippen LogP contribution in [0.25, 0.3) is 0 Å².